The molecule has 1 atom stereocenters. The number of hydrogen-bond donors (Lipinski definition) is 1. The van der Waals surface area contributed by atoms with Crippen molar-refractivity contribution in [3.63, 3.8) is 0 Å². The summed E-state index contributed by atoms with van der Waals surface area (Å²) in [6.07, 6.45) is 1.66. The minimum absolute atomic E-state index is 0.0122. The summed E-state index contributed by atoms with van der Waals surface area (Å²) in [7, 11) is 0. The van der Waals surface area contributed by atoms with Gasteiger partial charge in [0.1, 0.15) is 0 Å². The molecule has 2 nitrogen and oxygen atoms in total. The van der Waals surface area contributed by atoms with Crippen LogP contribution in [0.4, 0.5) is 13.2 Å². The van der Waals surface area contributed by atoms with Gasteiger partial charge in [-0.05, 0) is 30.8 Å². The molecule has 0 aliphatic rings. The van der Waals surface area contributed by atoms with Crippen molar-refractivity contribution in [2.24, 2.45) is 0 Å². The summed E-state index contributed by atoms with van der Waals surface area (Å²) < 4.78 is 35.5. The molecule has 1 rings (SSSR count). The van der Waals surface area contributed by atoms with E-state index in [1.54, 1.807) is 12.3 Å². The fourth-order valence-corrected chi connectivity index (χ4v) is 1.63. The van der Waals surface area contributed by atoms with Gasteiger partial charge in [-0.25, -0.2) is 0 Å². The Bertz CT molecular complexity index is 303. The summed E-state index contributed by atoms with van der Waals surface area (Å²) in [5.74, 6) is 0.0146. The van der Waals surface area contributed by atoms with Crippen LogP contribution >= 0.6 is 11.8 Å². The van der Waals surface area contributed by atoms with Crippen LogP contribution in [0.1, 0.15) is 18.7 Å². The summed E-state index contributed by atoms with van der Waals surface area (Å²) in [5, 5.41) is 2.99. The molecule has 90 valence electrons. The van der Waals surface area contributed by atoms with E-state index in [1.165, 1.54) is 0 Å². The number of aromatic nitrogens is 1. The van der Waals surface area contributed by atoms with Crippen molar-refractivity contribution in [3.8, 4) is 0 Å². The lowest BCUT2D eigenvalue weighted by Crippen LogP contribution is -2.23. The van der Waals surface area contributed by atoms with E-state index in [0.717, 1.165) is 5.69 Å². The van der Waals surface area contributed by atoms with Crippen LogP contribution in [0.2, 0.25) is 0 Å². The van der Waals surface area contributed by atoms with Gasteiger partial charge >= 0.3 is 5.51 Å². The minimum atomic E-state index is -4.14. The highest BCUT2D eigenvalue weighted by molar-refractivity contribution is 8.00. The summed E-state index contributed by atoms with van der Waals surface area (Å²) >= 11 is -0.0122. The van der Waals surface area contributed by atoms with Gasteiger partial charge in [0, 0.05) is 24.5 Å². The van der Waals surface area contributed by atoms with E-state index in [-0.39, 0.29) is 23.6 Å². The molecule has 1 N–H and O–H groups in total. The maximum Gasteiger partial charge on any atom is 0.441 e. The molecule has 0 aliphatic heterocycles. The molecule has 0 fully saturated rings. The molecule has 0 radical (unpaired) electrons. The first-order valence-corrected chi connectivity index (χ1v) is 5.82. The fraction of sp³-hybridized carbons (Fsp3) is 0.500. The Morgan fingerprint density at radius 1 is 1.44 bits per heavy atom. The van der Waals surface area contributed by atoms with Gasteiger partial charge in [0.05, 0.1) is 5.69 Å². The number of halogens is 3. The molecule has 0 bridgehead atoms. The van der Waals surface area contributed by atoms with Crippen molar-refractivity contribution in [2.45, 2.75) is 18.5 Å². The lowest BCUT2D eigenvalue weighted by Gasteiger charge is -2.13. The Morgan fingerprint density at radius 2 is 2.19 bits per heavy atom. The van der Waals surface area contributed by atoms with Crippen LogP contribution in [0.5, 0.6) is 0 Å². The zero-order chi connectivity index (χ0) is 12.0. The number of alkyl halides is 3. The van der Waals surface area contributed by atoms with Crippen LogP contribution in [0.25, 0.3) is 0 Å². The predicted molar refractivity (Wildman–Crippen MR) is 59.2 cm³/mol. The van der Waals surface area contributed by atoms with Crippen LogP contribution < -0.4 is 5.32 Å². The highest BCUT2D eigenvalue weighted by Crippen LogP contribution is 2.29. The second-order valence-electron chi connectivity index (χ2n) is 3.22. The standard InChI is InChI=1S/C10H13F3N2S/c1-8(9-4-2-3-5-15-9)14-6-7-16-10(11,12)13/h2-5,8,14H,6-7H2,1H3. The normalized spacial score (nSPS) is 13.8. The van der Waals surface area contributed by atoms with Gasteiger partial charge in [0.2, 0.25) is 0 Å². The Balaban J connectivity index is 2.24. The molecule has 0 aromatic carbocycles. The first-order chi connectivity index (χ1) is 7.49. The molecule has 6 heteroatoms. The second-order valence-corrected chi connectivity index (χ2v) is 4.38. The van der Waals surface area contributed by atoms with Crippen molar-refractivity contribution in [1.82, 2.24) is 10.3 Å². The van der Waals surface area contributed by atoms with Crippen molar-refractivity contribution in [1.29, 1.82) is 0 Å². The molecule has 0 saturated heterocycles. The van der Waals surface area contributed by atoms with Gasteiger partial charge in [-0.1, -0.05) is 6.07 Å². The first kappa shape index (κ1) is 13.3. The van der Waals surface area contributed by atoms with Gasteiger partial charge in [-0.3, -0.25) is 4.98 Å². The molecule has 0 spiro atoms. The Kier molecular flexibility index (Phi) is 5.08. The molecule has 0 aliphatic carbocycles. The molecule has 0 saturated carbocycles. The number of nitrogens with zero attached hydrogens (tertiary/aromatic N) is 1. The summed E-state index contributed by atoms with van der Waals surface area (Å²) in [5.41, 5.74) is -3.31. The quantitative estimate of drug-likeness (QED) is 0.813. The number of thioether (sulfide) groups is 1. The number of rotatable bonds is 5. The Labute approximate surface area is 96.6 Å². The van der Waals surface area contributed by atoms with Crippen molar-refractivity contribution in [2.75, 3.05) is 12.3 Å². The van der Waals surface area contributed by atoms with Crippen LogP contribution in [0.15, 0.2) is 24.4 Å². The van der Waals surface area contributed by atoms with E-state index >= 15 is 0 Å². The first-order valence-electron chi connectivity index (χ1n) is 4.84. The van der Waals surface area contributed by atoms with Gasteiger partial charge in [0.15, 0.2) is 0 Å². The van der Waals surface area contributed by atoms with Crippen molar-refractivity contribution < 1.29 is 13.2 Å². The topological polar surface area (TPSA) is 24.9 Å². The van der Waals surface area contributed by atoms with E-state index in [0.29, 0.717) is 6.54 Å². The number of nitrogens with one attached hydrogen (secondary N) is 1. The summed E-state index contributed by atoms with van der Waals surface area (Å²) in [6.45, 7) is 2.18. The van der Waals surface area contributed by atoms with Crippen LogP contribution in [0, 0.1) is 0 Å². The largest absolute Gasteiger partial charge is 0.441 e. The van der Waals surface area contributed by atoms with Gasteiger partial charge in [-0.15, -0.1) is 0 Å². The summed E-state index contributed by atoms with van der Waals surface area (Å²) in [4.78, 5) is 4.11. The highest BCUT2D eigenvalue weighted by Gasteiger charge is 2.27. The lowest BCUT2D eigenvalue weighted by molar-refractivity contribution is -0.0327. The maximum absolute atomic E-state index is 11.8. The molecular formula is C10H13F3N2S. The van der Waals surface area contributed by atoms with E-state index < -0.39 is 5.51 Å². The van der Waals surface area contributed by atoms with Crippen LogP contribution in [0.3, 0.4) is 0 Å². The average molecular weight is 250 g/mol. The third kappa shape index (κ3) is 5.37. The molecule has 16 heavy (non-hydrogen) atoms. The second kappa shape index (κ2) is 6.10. The van der Waals surface area contributed by atoms with Crippen LogP contribution in [-0.2, 0) is 0 Å². The predicted octanol–water partition coefficient (Wildman–Crippen LogP) is 2.99. The van der Waals surface area contributed by atoms with Gasteiger partial charge in [0.25, 0.3) is 0 Å². The lowest BCUT2D eigenvalue weighted by atomic mass is 10.2. The highest BCUT2D eigenvalue weighted by atomic mass is 32.2. The molecule has 0 amide bonds. The number of pyridine rings is 1. The van der Waals surface area contributed by atoms with E-state index in [2.05, 4.69) is 10.3 Å². The van der Waals surface area contributed by atoms with E-state index in [9.17, 15) is 13.2 Å². The van der Waals surface area contributed by atoms with Gasteiger partial charge < -0.3 is 5.32 Å². The SMILES string of the molecule is CC(NCCSC(F)(F)F)c1ccccn1. The minimum Gasteiger partial charge on any atom is -0.308 e. The maximum atomic E-state index is 11.8. The summed E-state index contributed by atoms with van der Waals surface area (Å²) in [6, 6.07) is 5.46. The van der Waals surface area contributed by atoms with Crippen molar-refractivity contribution >= 4 is 11.8 Å². The molecule has 1 heterocycles. The van der Waals surface area contributed by atoms with E-state index in [1.807, 2.05) is 19.1 Å². The molecule has 1 aromatic rings. The third-order valence-electron chi connectivity index (χ3n) is 1.95. The Morgan fingerprint density at radius 3 is 2.75 bits per heavy atom. The van der Waals surface area contributed by atoms with Crippen molar-refractivity contribution in [3.05, 3.63) is 30.1 Å². The average Bonchev–Trinajstić information content (AvgIpc) is 2.24. The molecule has 1 unspecified atom stereocenters. The Hall–Kier alpha value is -0.750. The number of hydrogen-bond acceptors (Lipinski definition) is 3. The van der Waals surface area contributed by atoms with Crippen LogP contribution in [-0.4, -0.2) is 22.8 Å². The van der Waals surface area contributed by atoms with E-state index in [4.69, 9.17) is 0 Å². The fourth-order valence-electron chi connectivity index (χ4n) is 1.18. The monoisotopic (exact) mass is 250 g/mol. The molecular weight excluding hydrogens is 237 g/mol. The zero-order valence-electron chi connectivity index (χ0n) is 8.79. The smallest absolute Gasteiger partial charge is 0.308 e. The van der Waals surface area contributed by atoms with Gasteiger partial charge in [-0.2, -0.15) is 13.2 Å². The third-order valence-corrected chi connectivity index (χ3v) is 2.69. The molecule has 1 aromatic heterocycles. The zero-order valence-corrected chi connectivity index (χ0v) is 9.61.